The fourth-order valence-corrected chi connectivity index (χ4v) is 7.45. The van der Waals surface area contributed by atoms with Crippen LogP contribution in [0.15, 0.2) is 72.9 Å². The highest BCUT2D eigenvalue weighted by atomic mass is 16.6. The smallest absolute Gasteiger partial charge is 0.306 e. The normalized spacial score (nSPS) is 12.9. The van der Waals surface area contributed by atoms with Gasteiger partial charge in [-0.05, 0) is 122 Å². The second-order valence-electron chi connectivity index (χ2n) is 18.7. The minimum Gasteiger partial charge on any atom is -0.463 e. The van der Waals surface area contributed by atoms with Crippen molar-refractivity contribution in [3.8, 4) is 0 Å². The van der Waals surface area contributed by atoms with Crippen LogP contribution in [0.2, 0.25) is 0 Å². The predicted molar refractivity (Wildman–Crippen MR) is 288 cm³/mol. The minimum atomic E-state index is -1.02. The molecule has 10 nitrogen and oxygen atoms in total. The number of unbranched alkanes of at least 4 members (excludes halogenated alkanes) is 23. The van der Waals surface area contributed by atoms with Crippen LogP contribution in [-0.2, 0) is 38.1 Å². The Bertz CT molecular complexity index is 1400. The summed E-state index contributed by atoms with van der Waals surface area (Å²) in [5, 5.41) is 18.0. The molecule has 10 heteroatoms. The third-order valence-electron chi connectivity index (χ3n) is 11.8. The number of allylic oxidation sites excluding steroid dienone is 12. The van der Waals surface area contributed by atoms with Crippen LogP contribution in [0.4, 0.5) is 0 Å². The molecular formula is C60H102O10. The molecule has 70 heavy (non-hydrogen) atoms. The fourth-order valence-electron chi connectivity index (χ4n) is 7.45. The molecule has 0 aromatic carbocycles. The van der Waals surface area contributed by atoms with E-state index in [1.165, 1.54) is 51.4 Å². The van der Waals surface area contributed by atoms with Gasteiger partial charge in [0.2, 0.25) is 0 Å². The van der Waals surface area contributed by atoms with Crippen molar-refractivity contribution < 1.29 is 48.3 Å². The van der Waals surface area contributed by atoms with Crippen molar-refractivity contribution in [2.75, 3.05) is 26.4 Å². The zero-order valence-electron chi connectivity index (χ0n) is 44.5. The van der Waals surface area contributed by atoms with Crippen molar-refractivity contribution in [1.29, 1.82) is 0 Å². The van der Waals surface area contributed by atoms with Gasteiger partial charge in [-0.2, -0.15) is 0 Å². The molecule has 0 saturated heterocycles. The second kappa shape index (κ2) is 54.6. The summed E-state index contributed by atoms with van der Waals surface area (Å²) in [5.74, 6) is -1.36. The number of hydrogen-bond donors (Lipinski definition) is 2. The second-order valence-corrected chi connectivity index (χ2v) is 18.7. The highest BCUT2D eigenvalue weighted by Crippen LogP contribution is 2.14. The molecule has 0 amide bonds. The third kappa shape index (κ3) is 52.1. The van der Waals surface area contributed by atoms with Crippen molar-refractivity contribution in [2.24, 2.45) is 0 Å². The molecule has 2 unspecified atom stereocenters. The van der Waals surface area contributed by atoms with Crippen LogP contribution in [0.25, 0.3) is 0 Å². The Hall–Kier alpha value is -3.76. The molecule has 2 atom stereocenters. The van der Waals surface area contributed by atoms with E-state index in [9.17, 15) is 24.3 Å². The summed E-state index contributed by atoms with van der Waals surface area (Å²) >= 11 is 0. The lowest BCUT2D eigenvalue weighted by Gasteiger charge is -2.18. The summed E-state index contributed by atoms with van der Waals surface area (Å²) < 4.78 is 21.7. The highest BCUT2D eigenvalue weighted by molar-refractivity contribution is 5.71. The molecule has 0 fully saturated rings. The maximum absolute atomic E-state index is 12.8. The molecule has 0 aromatic rings. The van der Waals surface area contributed by atoms with Crippen LogP contribution < -0.4 is 0 Å². The van der Waals surface area contributed by atoms with Crippen LogP contribution in [0.3, 0.4) is 0 Å². The summed E-state index contributed by atoms with van der Waals surface area (Å²) in [6, 6.07) is 0. The first-order valence-corrected chi connectivity index (χ1v) is 28.2. The van der Waals surface area contributed by atoms with E-state index in [4.69, 9.17) is 24.1 Å². The molecule has 0 saturated carbocycles. The predicted octanol–water partition coefficient (Wildman–Crippen LogP) is 15.3. The number of carbonyl (C=O) groups is 4. The van der Waals surface area contributed by atoms with Gasteiger partial charge in [-0.3, -0.25) is 19.2 Å². The number of esters is 4. The zero-order valence-corrected chi connectivity index (χ0v) is 44.5. The van der Waals surface area contributed by atoms with Gasteiger partial charge in [0.15, 0.2) is 6.10 Å². The van der Waals surface area contributed by atoms with E-state index in [-0.39, 0.29) is 50.1 Å². The Balaban J connectivity index is 4.45. The van der Waals surface area contributed by atoms with E-state index < -0.39 is 18.8 Å². The fraction of sp³-hybridized carbons (Fsp3) is 0.733. The number of aliphatic hydroxyl groups is 2. The largest absolute Gasteiger partial charge is 0.463 e. The van der Waals surface area contributed by atoms with E-state index in [0.717, 1.165) is 154 Å². The van der Waals surface area contributed by atoms with Crippen LogP contribution in [0, 0.1) is 0 Å². The van der Waals surface area contributed by atoms with Gasteiger partial charge in [0, 0.05) is 25.7 Å². The van der Waals surface area contributed by atoms with Crippen molar-refractivity contribution in [1.82, 2.24) is 0 Å². The Labute approximate surface area is 427 Å². The molecule has 0 aromatic heterocycles. The maximum Gasteiger partial charge on any atom is 0.306 e. The van der Waals surface area contributed by atoms with Crippen molar-refractivity contribution >= 4 is 23.9 Å². The van der Waals surface area contributed by atoms with Crippen molar-refractivity contribution in [2.45, 2.75) is 257 Å². The molecule has 2 N–H and O–H groups in total. The third-order valence-corrected chi connectivity index (χ3v) is 11.8. The Kier molecular flexibility index (Phi) is 51.6. The van der Waals surface area contributed by atoms with E-state index in [0.29, 0.717) is 19.3 Å². The monoisotopic (exact) mass is 983 g/mol. The zero-order chi connectivity index (χ0) is 51.1. The lowest BCUT2D eigenvalue weighted by Crippen LogP contribution is -2.30. The lowest BCUT2D eigenvalue weighted by atomic mass is 10.1. The highest BCUT2D eigenvalue weighted by Gasteiger charge is 2.19. The maximum atomic E-state index is 12.8. The number of hydrogen-bond acceptors (Lipinski definition) is 10. The molecule has 0 spiro atoms. The van der Waals surface area contributed by atoms with Gasteiger partial charge >= 0.3 is 23.9 Å². The Morgan fingerprint density at radius 2 is 0.629 bits per heavy atom. The summed E-state index contributed by atoms with van der Waals surface area (Å²) in [5.41, 5.74) is 0. The van der Waals surface area contributed by atoms with E-state index >= 15 is 0 Å². The van der Waals surface area contributed by atoms with Crippen molar-refractivity contribution in [3.05, 3.63) is 72.9 Å². The molecule has 0 radical (unpaired) electrons. The average molecular weight is 983 g/mol. The molecule has 0 rings (SSSR count). The molecule has 0 aliphatic carbocycles. The summed E-state index contributed by atoms with van der Waals surface area (Å²) in [6.07, 6.45) is 59.7. The van der Waals surface area contributed by atoms with Gasteiger partial charge in [-0.15, -0.1) is 0 Å². The summed E-state index contributed by atoms with van der Waals surface area (Å²) in [7, 11) is 0. The van der Waals surface area contributed by atoms with Gasteiger partial charge in [0.1, 0.15) is 25.9 Å². The number of aliphatic hydroxyl groups excluding tert-OH is 2. The van der Waals surface area contributed by atoms with Crippen molar-refractivity contribution in [3.63, 3.8) is 0 Å². The molecule has 0 aliphatic heterocycles. The molecule has 402 valence electrons. The van der Waals surface area contributed by atoms with Crippen LogP contribution in [0.5, 0.6) is 0 Å². The lowest BCUT2D eigenvalue weighted by molar-refractivity contribution is -0.167. The molecule has 0 aliphatic rings. The molecule has 0 bridgehead atoms. The number of rotatable bonds is 51. The average Bonchev–Trinajstić information content (AvgIpc) is 3.36. The van der Waals surface area contributed by atoms with E-state index in [1.807, 2.05) is 0 Å². The van der Waals surface area contributed by atoms with Crippen LogP contribution in [-0.4, -0.2) is 72.7 Å². The van der Waals surface area contributed by atoms with E-state index in [2.05, 4.69) is 86.8 Å². The topological polar surface area (TPSA) is 146 Å². The molecular weight excluding hydrogens is 881 g/mol. The Morgan fingerprint density at radius 3 is 0.971 bits per heavy atom. The first-order valence-electron chi connectivity index (χ1n) is 28.2. The SMILES string of the molecule is CCCCCC=CCC=CCCCCCCCC(=O)OCC(COC(=O)CCCCCCCC=CCC=CCCCCC(=O)OCC(O)CO)OC(=O)CCCCCCCC=CCC=CCCCCC. The summed E-state index contributed by atoms with van der Waals surface area (Å²) in [6.45, 7) is 3.63. The summed E-state index contributed by atoms with van der Waals surface area (Å²) in [4.78, 5) is 49.7. The van der Waals surface area contributed by atoms with Crippen LogP contribution >= 0.6 is 0 Å². The standard InChI is InChI=1S/C60H102O10/c1-3-5-7-9-11-13-15-17-19-23-28-32-36-40-44-48-58(64)68-53-56(70-60(66)50-46-42-38-34-30-26-20-18-16-14-12-10-8-6-4-2)54-69-59(65)49-45-41-37-33-29-25-22-21-24-27-31-35-39-43-47-57(63)67-52-55(62)51-61/h11-14,17-22,27,31,55-56,61-62H,3-10,15-16,23-26,28-30,32-54H2,1-2H3. The number of ether oxygens (including phenoxy) is 4. The Morgan fingerprint density at radius 1 is 0.357 bits per heavy atom. The van der Waals surface area contributed by atoms with Gasteiger partial charge in [0.25, 0.3) is 0 Å². The first-order chi connectivity index (χ1) is 34.3. The quantitative estimate of drug-likeness (QED) is 0.0261. The molecule has 0 heterocycles. The van der Waals surface area contributed by atoms with Crippen LogP contribution in [0.1, 0.15) is 245 Å². The van der Waals surface area contributed by atoms with Gasteiger partial charge in [-0.1, -0.05) is 170 Å². The number of carbonyl (C=O) groups excluding carboxylic acids is 4. The minimum absolute atomic E-state index is 0.119. The van der Waals surface area contributed by atoms with Gasteiger partial charge in [-0.25, -0.2) is 0 Å². The van der Waals surface area contributed by atoms with E-state index in [1.54, 1.807) is 0 Å². The van der Waals surface area contributed by atoms with Gasteiger partial charge in [0.05, 0.1) is 6.61 Å². The van der Waals surface area contributed by atoms with Gasteiger partial charge < -0.3 is 29.2 Å². The first kappa shape index (κ1) is 66.2.